The quantitative estimate of drug-likeness (QED) is 0.614. The zero-order valence-electron chi connectivity index (χ0n) is 16.5. The summed E-state index contributed by atoms with van der Waals surface area (Å²) in [5.41, 5.74) is 3.47. The number of nitrogens with zero attached hydrogens (tertiary/aromatic N) is 2. The van der Waals surface area contributed by atoms with Crippen LogP contribution in [0.3, 0.4) is 0 Å². The Morgan fingerprint density at radius 3 is 2.70 bits per heavy atom. The van der Waals surface area contributed by atoms with Crippen LogP contribution in [0.2, 0.25) is 0 Å². The maximum absolute atomic E-state index is 6.03. The van der Waals surface area contributed by atoms with E-state index in [1.807, 2.05) is 6.20 Å². The second kappa shape index (κ2) is 7.77. The summed E-state index contributed by atoms with van der Waals surface area (Å²) in [4.78, 5) is 10.5. The van der Waals surface area contributed by atoms with E-state index in [9.17, 15) is 0 Å². The number of benzene rings is 1. The summed E-state index contributed by atoms with van der Waals surface area (Å²) < 4.78 is 11.7. The summed E-state index contributed by atoms with van der Waals surface area (Å²) in [6.07, 6.45) is 8.00. The molecule has 0 bridgehead atoms. The number of methoxy groups -OCH3 is 1. The van der Waals surface area contributed by atoms with Crippen LogP contribution in [0, 0.1) is 0 Å². The van der Waals surface area contributed by atoms with Crippen LogP contribution in [-0.2, 0) is 0 Å². The lowest BCUT2D eigenvalue weighted by Crippen LogP contribution is -2.15. The van der Waals surface area contributed by atoms with E-state index in [4.69, 9.17) is 14.5 Å². The molecule has 144 valence electrons. The van der Waals surface area contributed by atoms with Gasteiger partial charge in [0.1, 0.15) is 0 Å². The summed E-state index contributed by atoms with van der Waals surface area (Å²) in [5.74, 6) is 2.15. The fourth-order valence-electron chi connectivity index (χ4n) is 4.22. The highest BCUT2D eigenvalue weighted by molar-refractivity contribution is 6.09. The highest BCUT2D eigenvalue weighted by Crippen LogP contribution is 2.41. The fourth-order valence-corrected chi connectivity index (χ4v) is 4.22. The van der Waals surface area contributed by atoms with Gasteiger partial charge in [0.2, 0.25) is 0 Å². The lowest BCUT2D eigenvalue weighted by Gasteiger charge is -2.13. The van der Waals surface area contributed by atoms with Crippen LogP contribution in [0.4, 0.5) is 0 Å². The fraction of sp³-hybridized carbons (Fsp3) is 0.500. The summed E-state index contributed by atoms with van der Waals surface area (Å²) in [5, 5.41) is 2.43. The minimum atomic E-state index is 0.570. The van der Waals surface area contributed by atoms with Crippen LogP contribution >= 0.6 is 0 Å². The van der Waals surface area contributed by atoms with Gasteiger partial charge in [0.15, 0.2) is 11.5 Å². The van der Waals surface area contributed by atoms with Gasteiger partial charge in [-0.2, -0.15) is 0 Å². The van der Waals surface area contributed by atoms with E-state index in [1.54, 1.807) is 7.11 Å². The minimum absolute atomic E-state index is 0.570. The first-order chi connectivity index (χ1) is 13.2. The van der Waals surface area contributed by atoms with Gasteiger partial charge >= 0.3 is 0 Å². The first kappa shape index (κ1) is 18.1. The van der Waals surface area contributed by atoms with Crippen molar-refractivity contribution in [3.05, 3.63) is 30.1 Å². The lowest BCUT2D eigenvalue weighted by molar-refractivity contribution is 0.268. The Hall–Kier alpha value is -2.27. The molecule has 1 N–H and O–H groups in total. The van der Waals surface area contributed by atoms with Crippen molar-refractivity contribution in [3.8, 4) is 11.5 Å². The van der Waals surface area contributed by atoms with Crippen molar-refractivity contribution < 1.29 is 9.47 Å². The second-order valence-corrected chi connectivity index (χ2v) is 7.78. The van der Waals surface area contributed by atoms with Crippen LogP contribution in [0.5, 0.6) is 11.5 Å². The van der Waals surface area contributed by atoms with Crippen molar-refractivity contribution in [2.75, 3.05) is 34.4 Å². The van der Waals surface area contributed by atoms with Gasteiger partial charge in [-0.25, -0.2) is 0 Å². The number of hydrogen-bond donors (Lipinski definition) is 1. The molecule has 0 atom stereocenters. The molecule has 1 fully saturated rings. The number of pyridine rings is 1. The van der Waals surface area contributed by atoms with Gasteiger partial charge in [-0.15, -0.1) is 0 Å². The Morgan fingerprint density at radius 2 is 1.96 bits per heavy atom. The second-order valence-electron chi connectivity index (χ2n) is 7.78. The van der Waals surface area contributed by atoms with Crippen molar-refractivity contribution in [2.45, 2.75) is 38.0 Å². The van der Waals surface area contributed by atoms with E-state index in [0.717, 1.165) is 35.5 Å². The monoisotopic (exact) mass is 367 g/mol. The Labute approximate surface area is 160 Å². The standard InChI is InChI=1S/C22H29N3O2/c1-25(2)11-6-12-27-20-14-18-16(13-19(20)26-3)21-17(24-18)9-10-23-22(21)15-7-4-5-8-15/h9-10,13-15,24H,4-8,11-12H2,1-3H3. The predicted molar refractivity (Wildman–Crippen MR) is 110 cm³/mol. The third-order valence-corrected chi connectivity index (χ3v) is 5.57. The van der Waals surface area contributed by atoms with Gasteiger partial charge in [0.25, 0.3) is 0 Å². The molecule has 5 heteroatoms. The topological polar surface area (TPSA) is 50.4 Å². The molecule has 5 nitrogen and oxygen atoms in total. The van der Waals surface area contributed by atoms with Gasteiger partial charge in [-0.05, 0) is 45.5 Å². The Balaban J connectivity index is 1.72. The summed E-state index contributed by atoms with van der Waals surface area (Å²) >= 11 is 0. The molecule has 0 saturated heterocycles. The van der Waals surface area contributed by atoms with Crippen molar-refractivity contribution in [1.29, 1.82) is 0 Å². The number of hydrogen-bond acceptors (Lipinski definition) is 4. The molecule has 0 unspecified atom stereocenters. The molecule has 0 radical (unpaired) electrons. The molecule has 0 aliphatic heterocycles. The first-order valence-corrected chi connectivity index (χ1v) is 9.93. The van der Waals surface area contributed by atoms with E-state index >= 15 is 0 Å². The van der Waals surface area contributed by atoms with Gasteiger partial charge in [-0.3, -0.25) is 4.98 Å². The molecule has 0 amide bonds. The van der Waals surface area contributed by atoms with Gasteiger partial charge in [-0.1, -0.05) is 12.8 Å². The molecule has 4 rings (SSSR count). The number of aromatic nitrogens is 2. The molecule has 1 aliphatic carbocycles. The molecular formula is C22H29N3O2. The SMILES string of the molecule is COc1cc2c(cc1OCCCN(C)C)[nH]c1ccnc(C3CCCC3)c12. The zero-order chi connectivity index (χ0) is 18.8. The molecule has 1 aliphatic rings. The molecule has 3 aromatic rings. The number of rotatable bonds is 7. The molecular weight excluding hydrogens is 338 g/mol. The van der Waals surface area contributed by atoms with E-state index in [1.165, 1.54) is 42.1 Å². The number of nitrogens with one attached hydrogen (secondary N) is 1. The maximum atomic E-state index is 6.03. The molecule has 1 aromatic carbocycles. The van der Waals surface area contributed by atoms with Gasteiger partial charge in [0, 0.05) is 41.0 Å². The number of H-pyrrole nitrogens is 1. The van der Waals surface area contributed by atoms with E-state index in [2.05, 4.69) is 42.2 Å². The largest absolute Gasteiger partial charge is 0.493 e. The number of aromatic amines is 1. The number of fused-ring (bicyclic) bond motifs is 3. The van der Waals surface area contributed by atoms with Crippen molar-refractivity contribution in [2.24, 2.45) is 0 Å². The highest BCUT2D eigenvalue weighted by atomic mass is 16.5. The lowest BCUT2D eigenvalue weighted by atomic mass is 9.98. The highest BCUT2D eigenvalue weighted by Gasteiger charge is 2.23. The molecule has 2 heterocycles. The summed E-state index contributed by atoms with van der Waals surface area (Å²) in [6, 6.07) is 6.25. The van der Waals surface area contributed by atoms with Crippen molar-refractivity contribution >= 4 is 21.8 Å². The minimum Gasteiger partial charge on any atom is -0.493 e. The smallest absolute Gasteiger partial charge is 0.163 e. The van der Waals surface area contributed by atoms with E-state index in [0.29, 0.717) is 12.5 Å². The third kappa shape index (κ3) is 3.61. The normalized spacial score (nSPS) is 15.3. The van der Waals surface area contributed by atoms with Gasteiger partial charge in [0.05, 0.1) is 24.9 Å². The zero-order valence-corrected chi connectivity index (χ0v) is 16.5. The average Bonchev–Trinajstić information content (AvgIpc) is 3.31. The van der Waals surface area contributed by atoms with Crippen molar-refractivity contribution in [3.63, 3.8) is 0 Å². The van der Waals surface area contributed by atoms with Crippen LogP contribution in [0.1, 0.15) is 43.7 Å². The Morgan fingerprint density at radius 1 is 1.15 bits per heavy atom. The molecule has 2 aromatic heterocycles. The van der Waals surface area contributed by atoms with Crippen LogP contribution in [0.25, 0.3) is 21.8 Å². The third-order valence-electron chi connectivity index (χ3n) is 5.57. The summed E-state index contributed by atoms with van der Waals surface area (Å²) in [6.45, 7) is 1.68. The Bertz CT molecular complexity index is 926. The van der Waals surface area contributed by atoms with Crippen LogP contribution in [0.15, 0.2) is 24.4 Å². The van der Waals surface area contributed by atoms with E-state index < -0.39 is 0 Å². The van der Waals surface area contributed by atoms with Gasteiger partial charge < -0.3 is 19.4 Å². The first-order valence-electron chi connectivity index (χ1n) is 9.93. The van der Waals surface area contributed by atoms with Crippen molar-refractivity contribution in [1.82, 2.24) is 14.9 Å². The van der Waals surface area contributed by atoms with E-state index in [-0.39, 0.29) is 0 Å². The summed E-state index contributed by atoms with van der Waals surface area (Å²) in [7, 11) is 5.86. The molecule has 0 spiro atoms. The number of ether oxygens (including phenoxy) is 2. The average molecular weight is 367 g/mol. The van der Waals surface area contributed by atoms with Crippen LogP contribution < -0.4 is 9.47 Å². The molecule has 27 heavy (non-hydrogen) atoms. The van der Waals surface area contributed by atoms with Crippen LogP contribution in [-0.4, -0.2) is 49.2 Å². The maximum Gasteiger partial charge on any atom is 0.163 e. The molecule has 1 saturated carbocycles. The Kier molecular flexibility index (Phi) is 5.21. The predicted octanol–water partition coefficient (Wildman–Crippen LogP) is 4.71.